The minimum atomic E-state index is -0.701. The molecule has 1 amide bonds. The van der Waals surface area contributed by atoms with Gasteiger partial charge in [0.25, 0.3) is 5.69 Å². The summed E-state index contributed by atoms with van der Waals surface area (Å²) in [4.78, 5) is 20.2. The number of nitro groups is 1. The van der Waals surface area contributed by atoms with Crippen LogP contribution < -0.4 is 5.73 Å². The summed E-state index contributed by atoms with van der Waals surface area (Å²) in [5, 5.41) is 10.4. The molecule has 1 aromatic carbocycles. The number of hydrogen-bond donors (Lipinski definition) is 1. The highest BCUT2D eigenvalue weighted by Crippen LogP contribution is 2.17. The van der Waals surface area contributed by atoms with Crippen molar-refractivity contribution in [2.24, 2.45) is 5.73 Å². The van der Waals surface area contributed by atoms with E-state index in [4.69, 9.17) is 5.73 Å². The van der Waals surface area contributed by atoms with Gasteiger partial charge in [-0.3, -0.25) is 14.9 Å². The van der Waals surface area contributed by atoms with Crippen LogP contribution in [0, 0.1) is 15.9 Å². The van der Waals surface area contributed by atoms with Crippen LogP contribution in [0.25, 0.3) is 6.08 Å². The predicted molar refractivity (Wildman–Crippen MR) is 55.9 cm³/mol. The third-order valence-corrected chi connectivity index (χ3v) is 1.75. The molecule has 2 N–H and O–H groups in total. The van der Waals surface area contributed by atoms with Crippen LogP contribution in [-0.4, -0.2) is 10.8 Å². The van der Waals surface area contributed by atoms with Crippen molar-refractivity contribution in [1.29, 1.82) is 0 Å². The van der Waals surface area contributed by atoms with E-state index in [0.717, 1.165) is 12.1 Å². The van der Waals surface area contributed by atoms with Crippen LogP contribution in [0.2, 0.25) is 0 Å². The molecule has 0 saturated heterocycles. The number of primary amides is 1. The van der Waals surface area contributed by atoms with E-state index < -0.39 is 16.6 Å². The van der Waals surface area contributed by atoms with Gasteiger partial charge in [0.2, 0.25) is 5.91 Å². The fraction of sp³-hybridized carbons (Fsp3) is 0.100. The Bertz CT molecular complexity index is 457. The first-order valence-electron chi connectivity index (χ1n) is 4.39. The number of hydrogen-bond acceptors (Lipinski definition) is 3. The molecule has 16 heavy (non-hydrogen) atoms. The standard InChI is InChI=1S/C10H9FN2O3/c11-8-4-7(2-1-3-10(12)14)5-9(6-8)13(15)16/h1-2,4-6H,3H2,(H2,12,14). The molecule has 0 saturated carbocycles. The second-order valence-corrected chi connectivity index (χ2v) is 3.07. The molecule has 0 bridgehead atoms. The molecule has 0 heterocycles. The summed E-state index contributed by atoms with van der Waals surface area (Å²) >= 11 is 0. The fourth-order valence-corrected chi connectivity index (χ4v) is 1.11. The van der Waals surface area contributed by atoms with Crippen LogP contribution >= 0.6 is 0 Å². The van der Waals surface area contributed by atoms with Crippen molar-refractivity contribution in [3.05, 3.63) is 45.8 Å². The van der Waals surface area contributed by atoms with Crippen molar-refractivity contribution >= 4 is 17.7 Å². The normalized spacial score (nSPS) is 10.6. The number of benzene rings is 1. The third-order valence-electron chi connectivity index (χ3n) is 1.75. The number of nitrogens with zero attached hydrogens (tertiary/aromatic N) is 1. The Morgan fingerprint density at radius 3 is 2.75 bits per heavy atom. The van der Waals surface area contributed by atoms with Gasteiger partial charge in [-0.25, -0.2) is 4.39 Å². The Morgan fingerprint density at radius 1 is 1.50 bits per heavy atom. The van der Waals surface area contributed by atoms with Gasteiger partial charge < -0.3 is 5.73 Å². The zero-order valence-corrected chi connectivity index (χ0v) is 8.22. The van der Waals surface area contributed by atoms with E-state index in [9.17, 15) is 19.3 Å². The van der Waals surface area contributed by atoms with E-state index in [-0.39, 0.29) is 12.1 Å². The van der Waals surface area contributed by atoms with Crippen LogP contribution in [0.1, 0.15) is 12.0 Å². The van der Waals surface area contributed by atoms with E-state index in [0.29, 0.717) is 5.56 Å². The summed E-state index contributed by atoms with van der Waals surface area (Å²) in [6.07, 6.45) is 2.83. The van der Waals surface area contributed by atoms with Crippen LogP contribution in [0.15, 0.2) is 24.3 Å². The molecule has 0 radical (unpaired) electrons. The lowest BCUT2D eigenvalue weighted by Gasteiger charge is -1.95. The minimum Gasteiger partial charge on any atom is -0.369 e. The summed E-state index contributed by atoms with van der Waals surface area (Å²) in [6, 6.07) is 3.16. The maximum atomic E-state index is 12.9. The molecule has 0 aliphatic heterocycles. The number of nitro benzene ring substituents is 1. The lowest BCUT2D eigenvalue weighted by molar-refractivity contribution is -0.385. The Labute approximate surface area is 90.5 Å². The van der Waals surface area contributed by atoms with E-state index in [1.165, 1.54) is 18.2 Å². The van der Waals surface area contributed by atoms with Gasteiger partial charge in [0.1, 0.15) is 5.82 Å². The van der Waals surface area contributed by atoms with E-state index in [1.54, 1.807) is 0 Å². The zero-order chi connectivity index (χ0) is 12.1. The molecular weight excluding hydrogens is 215 g/mol. The number of nitrogens with two attached hydrogens (primary N) is 1. The van der Waals surface area contributed by atoms with Gasteiger partial charge >= 0.3 is 0 Å². The Balaban J connectivity index is 2.92. The molecule has 0 unspecified atom stereocenters. The molecule has 6 heteroatoms. The first-order chi connectivity index (χ1) is 7.49. The molecule has 0 fully saturated rings. The van der Waals surface area contributed by atoms with Crippen molar-refractivity contribution in [2.45, 2.75) is 6.42 Å². The molecule has 0 spiro atoms. The first kappa shape index (κ1) is 11.8. The molecule has 0 aliphatic rings. The highest BCUT2D eigenvalue weighted by molar-refractivity contribution is 5.76. The van der Waals surface area contributed by atoms with Gasteiger partial charge in [0.15, 0.2) is 0 Å². The summed E-state index contributed by atoms with van der Waals surface area (Å²) < 4.78 is 12.9. The van der Waals surface area contributed by atoms with Crippen LogP contribution in [0.3, 0.4) is 0 Å². The second-order valence-electron chi connectivity index (χ2n) is 3.07. The number of amides is 1. The molecule has 1 aromatic rings. The van der Waals surface area contributed by atoms with E-state index in [2.05, 4.69) is 0 Å². The van der Waals surface area contributed by atoms with Gasteiger partial charge in [0.05, 0.1) is 11.0 Å². The zero-order valence-electron chi connectivity index (χ0n) is 8.22. The predicted octanol–water partition coefficient (Wildman–Crippen LogP) is 1.62. The number of rotatable bonds is 4. The van der Waals surface area contributed by atoms with Gasteiger partial charge in [-0.1, -0.05) is 12.2 Å². The maximum Gasteiger partial charge on any atom is 0.272 e. The molecule has 0 aromatic heterocycles. The van der Waals surface area contributed by atoms with Crippen LogP contribution in [0.4, 0.5) is 10.1 Å². The Hall–Kier alpha value is -2.24. The average molecular weight is 224 g/mol. The van der Waals surface area contributed by atoms with Gasteiger partial charge in [0, 0.05) is 12.5 Å². The van der Waals surface area contributed by atoms with E-state index in [1.807, 2.05) is 0 Å². The summed E-state index contributed by atoms with van der Waals surface area (Å²) in [7, 11) is 0. The third kappa shape index (κ3) is 3.49. The average Bonchev–Trinajstić information content (AvgIpc) is 2.16. The fourth-order valence-electron chi connectivity index (χ4n) is 1.11. The lowest BCUT2D eigenvalue weighted by Crippen LogP contribution is -2.07. The second kappa shape index (κ2) is 5.01. The molecule has 84 valence electrons. The maximum absolute atomic E-state index is 12.9. The Morgan fingerprint density at radius 2 is 2.19 bits per heavy atom. The van der Waals surface area contributed by atoms with Crippen LogP contribution in [-0.2, 0) is 4.79 Å². The van der Waals surface area contributed by atoms with Gasteiger partial charge in [-0.05, 0) is 11.6 Å². The number of halogens is 1. The largest absolute Gasteiger partial charge is 0.369 e. The molecular formula is C10H9FN2O3. The monoisotopic (exact) mass is 224 g/mol. The number of non-ortho nitro benzene ring substituents is 1. The summed E-state index contributed by atoms with van der Waals surface area (Å²) in [5.41, 5.74) is 4.87. The SMILES string of the molecule is NC(=O)CC=Cc1cc(F)cc([N+](=O)[O-])c1. The van der Waals surface area contributed by atoms with Crippen molar-refractivity contribution in [2.75, 3.05) is 0 Å². The van der Waals surface area contributed by atoms with E-state index >= 15 is 0 Å². The number of carbonyl (C=O) groups is 1. The summed E-state index contributed by atoms with van der Waals surface area (Å²) in [6.45, 7) is 0. The van der Waals surface area contributed by atoms with Gasteiger partial charge in [-0.2, -0.15) is 0 Å². The van der Waals surface area contributed by atoms with Gasteiger partial charge in [-0.15, -0.1) is 0 Å². The highest BCUT2D eigenvalue weighted by Gasteiger charge is 2.08. The molecule has 1 rings (SSSR count). The lowest BCUT2D eigenvalue weighted by atomic mass is 10.1. The van der Waals surface area contributed by atoms with Crippen molar-refractivity contribution in [3.8, 4) is 0 Å². The molecule has 0 aliphatic carbocycles. The minimum absolute atomic E-state index is 0.00428. The quantitative estimate of drug-likeness (QED) is 0.622. The van der Waals surface area contributed by atoms with Crippen molar-refractivity contribution < 1.29 is 14.1 Å². The van der Waals surface area contributed by atoms with Crippen molar-refractivity contribution in [1.82, 2.24) is 0 Å². The highest BCUT2D eigenvalue weighted by atomic mass is 19.1. The smallest absolute Gasteiger partial charge is 0.272 e. The first-order valence-corrected chi connectivity index (χ1v) is 4.39. The topological polar surface area (TPSA) is 86.2 Å². The number of carbonyl (C=O) groups excluding carboxylic acids is 1. The molecule has 0 atom stereocenters. The Kier molecular flexibility index (Phi) is 3.71. The van der Waals surface area contributed by atoms with Crippen molar-refractivity contribution in [3.63, 3.8) is 0 Å². The summed E-state index contributed by atoms with van der Waals surface area (Å²) in [5.74, 6) is -1.23. The van der Waals surface area contributed by atoms with Crippen LogP contribution in [0.5, 0.6) is 0 Å². The molecule has 5 nitrogen and oxygen atoms in total.